The number of carbonyl (C=O) groups is 2. The molecule has 0 aromatic heterocycles. The molecule has 3 rings (SSSR count). The van der Waals surface area contributed by atoms with E-state index in [0.717, 1.165) is 16.3 Å². The Morgan fingerprint density at radius 3 is 2.19 bits per heavy atom. The second-order valence-corrected chi connectivity index (χ2v) is 11.0. The van der Waals surface area contributed by atoms with E-state index in [9.17, 15) is 18.0 Å². The molecule has 0 saturated heterocycles. The molecule has 0 spiro atoms. The third-order valence-corrected chi connectivity index (χ3v) is 8.10. The monoisotopic (exact) mass is 541 g/mol. The summed E-state index contributed by atoms with van der Waals surface area (Å²) in [5.74, 6) is -0.853. The number of sulfonamides is 1. The van der Waals surface area contributed by atoms with Gasteiger partial charge in [-0.1, -0.05) is 72.6 Å². The highest BCUT2D eigenvalue weighted by molar-refractivity contribution is 7.92. The third kappa shape index (κ3) is 7.11. The third-order valence-electron chi connectivity index (χ3n) is 5.95. The topological polar surface area (TPSA) is 86.8 Å². The van der Waals surface area contributed by atoms with Crippen LogP contribution in [0.2, 0.25) is 5.02 Å². The summed E-state index contributed by atoms with van der Waals surface area (Å²) < 4.78 is 28.5. The number of benzene rings is 3. The van der Waals surface area contributed by atoms with Gasteiger partial charge in [-0.2, -0.15) is 0 Å². The first-order valence-electron chi connectivity index (χ1n) is 12.1. The summed E-state index contributed by atoms with van der Waals surface area (Å²) in [5, 5.41) is 3.27. The van der Waals surface area contributed by atoms with Crippen molar-refractivity contribution in [3.8, 4) is 0 Å². The highest BCUT2D eigenvalue weighted by Gasteiger charge is 2.32. The molecular weight excluding hydrogens is 510 g/mol. The average Bonchev–Trinajstić information content (AvgIpc) is 2.90. The van der Waals surface area contributed by atoms with Crippen molar-refractivity contribution in [3.63, 3.8) is 0 Å². The molecule has 0 radical (unpaired) electrons. The van der Waals surface area contributed by atoms with Crippen molar-refractivity contribution in [2.45, 2.75) is 44.7 Å². The number of hydrogen-bond donors (Lipinski definition) is 1. The van der Waals surface area contributed by atoms with E-state index in [2.05, 4.69) is 5.32 Å². The number of anilines is 1. The molecule has 0 fully saturated rings. The second-order valence-electron chi connectivity index (χ2n) is 8.74. The van der Waals surface area contributed by atoms with Crippen LogP contribution in [0.25, 0.3) is 0 Å². The molecule has 0 saturated carbocycles. The standard InChI is InChI=1S/C28H32ClN3O4S/c1-4-18-30-28(34)22(3)31(19-23-10-8-9-13-26(23)29)27(33)20-32(24-16-14-21(2)15-17-24)37(35,36)25-11-6-5-7-12-25/h5-17,22H,4,18-20H2,1-3H3,(H,30,34)/t22-/m0/s1. The van der Waals surface area contributed by atoms with Crippen molar-refractivity contribution >= 4 is 39.1 Å². The molecule has 1 N–H and O–H groups in total. The van der Waals surface area contributed by atoms with E-state index in [-0.39, 0.29) is 17.3 Å². The molecule has 196 valence electrons. The Kier molecular flexibility index (Phi) is 9.72. The van der Waals surface area contributed by atoms with Crippen molar-refractivity contribution in [1.29, 1.82) is 0 Å². The maximum absolute atomic E-state index is 13.8. The first-order valence-corrected chi connectivity index (χ1v) is 13.9. The molecule has 0 bridgehead atoms. The van der Waals surface area contributed by atoms with Gasteiger partial charge in [0.25, 0.3) is 10.0 Å². The number of carbonyl (C=O) groups excluding carboxylic acids is 2. The predicted octanol–water partition coefficient (Wildman–Crippen LogP) is 4.79. The van der Waals surface area contributed by atoms with Gasteiger partial charge in [0, 0.05) is 18.1 Å². The summed E-state index contributed by atoms with van der Waals surface area (Å²) in [7, 11) is -4.08. The molecule has 1 atom stereocenters. The molecule has 2 amide bonds. The van der Waals surface area contributed by atoms with Gasteiger partial charge in [-0.15, -0.1) is 0 Å². The normalized spacial score (nSPS) is 12.0. The van der Waals surface area contributed by atoms with Crippen molar-refractivity contribution < 1.29 is 18.0 Å². The van der Waals surface area contributed by atoms with E-state index >= 15 is 0 Å². The Bertz CT molecular complexity index is 1310. The van der Waals surface area contributed by atoms with Gasteiger partial charge in [0.05, 0.1) is 10.6 Å². The van der Waals surface area contributed by atoms with Crippen molar-refractivity contribution in [3.05, 3.63) is 95.0 Å². The van der Waals surface area contributed by atoms with Gasteiger partial charge in [-0.05, 0) is 56.2 Å². The average molecular weight is 542 g/mol. The Hall–Kier alpha value is -3.36. The maximum atomic E-state index is 13.8. The maximum Gasteiger partial charge on any atom is 0.264 e. The summed E-state index contributed by atoms with van der Waals surface area (Å²) in [6.07, 6.45) is 0.743. The Labute approximate surface area is 224 Å². The first kappa shape index (κ1) is 28.2. The van der Waals surface area contributed by atoms with E-state index in [1.807, 2.05) is 13.8 Å². The van der Waals surface area contributed by atoms with Gasteiger partial charge in [-0.3, -0.25) is 13.9 Å². The molecule has 7 nitrogen and oxygen atoms in total. The predicted molar refractivity (Wildman–Crippen MR) is 147 cm³/mol. The number of amides is 2. The zero-order chi connectivity index (χ0) is 27.0. The van der Waals surface area contributed by atoms with E-state index in [1.54, 1.807) is 73.7 Å². The molecule has 9 heteroatoms. The summed E-state index contributed by atoms with van der Waals surface area (Å²) in [6.45, 7) is 5.48. The van der Waals surface area contributed by atoms with Crippen LogP contribution in [0.3, 0.4) is 0 Å². The van der Waals surface area contributed by atoms with Crippen LogP contribution in [0.15, 0.2) is 83.8 Å². The van der Waals surface area contributed by atoms with Gasteiger partial charge in [0.15, 0.2) is 0 Å². The van der Waals surface area contributed by atoms with Crippen LogP contribution in [0.5, 0.6) is 0 Å². The lowest BCUT2D eigenvalue weighted by molar-refractivity contribution is -0.139. The number of nitrogens with zero attached hydrogens (tertiary/aromatic N) is 2. The zero-order valence-electron chi connectivity index (χ0n) is 21.2. The van der Waals surface area contributed by atoms with Gasteiger partial charge in [-0.25, -0.2) is 8.42 Å². The van der Waals surface area contributed by atoms with Crippen molar-refractivity contribution in [2.24, 2.45) is 0 Å². The quantitative estimate of drug-likeness (QED) is 0.378. The SMILES string of the molecule is CCCNC(=O)[C@H](C)N(Cc1ccccc1Cl)C(=O)CN(c1ccc(C)cc1)S(=O)(=O)c1ccccc1. The van der Waals surface area contributed by atoms with E-state index in [4.69, 9.17) is 11.6 Å². The summed E-state index contributed by atoms with van der Waals surface area (Å²) >= 11 is 6.37. The zero-order valence-corrected chi connectivity index (χ0v) is 22.8. The van der Waals surface area contributed by atoms with Gasteiger partial charge in [0.2, 0.25) is 11.8 Å². The fraction of sp³-hybridized carbons (Fsp3) is 0.286. The van der Waals surface area contributed by atoms with Crippen LogP contribution in [0, 0.1) is 6.92 Å². The van der Waals surface area contributed by atoms with E-state index in [1.165, 1.54) is 17.0 Å². The highest BCUT2D eigenvalue weighted by atomic mass is 35.5. The largest absolute Gasteiger partial charge is 0.354 e. The van der Waals surface area contributed by atoms with Crippen LogP contribution in [-0.4, -0.2) is 44.3 Å². The summed E-state index contributed by atoms with van der Waals surface area (Å²) in [5.41, 5.74) is 1.96. The molecule has 37 heavy (non-hydrogen) atoms. The second kappa shape index (κ2) is 12.7. The first-order chi connectivity index (χ1) is 17.6. The molecule has 3 aromatic carbocycles. The summed E-state index contributed by atoms with van der Waals surface area (Å²) in [4.78, 5) is 28.1. The lowest BCUT2D eigenvalue weighted by Crippen LogP contribution is -2.51. The van der Waals surface area contributed by atoms with Crippen LogP contribution < -0.4 is 9.62 Å². The van der Waals surface area contributed by atoms with E-state index < -0.39 is 28.5 Å². The minimum Gasteiger partial charge on any atom is -0.354 e. The fourth-order valence-electron chi connectivity index (χ4n) is 3.75. The number of aryl methyl sites for hydroxylation is 1. The highest BCUT2D eigenvalue weighted by Crippen LogP contribution is 2.25. The number of hydrogen-bond acceptors (Lipinski definition) is 4. The van der Waals surface area contributed by atoms with E-state index in [0.29, 0.717) is 22.8 Å². The molecule has 0 aliphatic heterocycles. The lowest BCUT2D eigenvalue weighted by atomic mass is 10.1. The number of nitrogens with one attached hydrogen (secondary N) is 1. The smallest absolute Gasteiger partial charge is 0.264 e. The van der Waals surface area contributed by atoms with Crippen LogP contribution in [0.1, 0.15) is 31.4 Å². The Morgan fingerprint density at radius 2 is 1.57 bits per heavy atom. The minimum absolute atomic E-state index is 0.0480. The van der Waals surface area contributed by atoms with Crippen LogP contribution in [-0.2, 0) is 26.2 Å². The molecule has 0 heterocycles. The van der Waals surface area contributed by atoms with Gasteiger partial charge >= 0.3 is 0 Å². The molecule has 0 unspecified atom stereocenters. The minimum atomic E-state index is -4.08. The van der Waals surface area contributed by atoms with Crippen molar-refractivity contribution in [2.75, 3.05) is 17.4 Å². The van der Waals surface area contributed by atoms with Crippen LogP contribution in [0.4, 0.5) is 5.69 Å². The Balaban J connectivity index is 2.01. The van der Waals surface area contributed by atoms with Gasteiger partial charge in [0.1, 0.15) is 12.6 Å². The number of halogens is 1. The molecule has 3 aromatic rings. The lowest BCUT2D eigenvalue weighted by Gasteiger charge is -2.32. The van der Waals surface area contributed by atoms with Crippen molar-refractivity contribution in [1.82, 2.24) is 10.2 Å². The fourth-order valence-corrected chi connectivity index (χ4v) is 5.38. The van der Waals surface area contributed by atoms with Gasteiger partial charge < -0.3 is 10.2 Å². The molecule has 0 aliphatic rings. The molecular formula is C28H32ClN3O4S. The van der Waals surface area contributed by atoms with Crippen LogP contribution >= 0.6 is 11.6 Å². The molecule has 0 aliphatic carbocycles. The Morgan fingerprint density at radius 1 is 0.946 bits per heavy atom. The summed E-state index contributed by atoms with van der Waals surface area (Å²) in [6, 6.07) is 21.1. The number of rotatable bonds is 11.